The molecule has 0 spiro atoms. The number of hydrogen-bond donors (Lipinski definition) is 1. The van der Waals surface area contributed by atoms with Gasteiger partial charge in [-0.1, -0.05) is 51.1 Å². The maximum absolute atomic E-state index is 12.7. The van der Waals surface area contributed by atoms with E-state index in [0.717, 1.165) is 4.90 Å². The molecule has 1 amide bonds. The van der Waals surface area contributed by atoms with Crippen molar-refractivity contribution in [2.45, 2.75) is 39.5 Å². The van der Waals surface area contributed by atoms with Crippen LogP contribution in [0.2, 0.25) is 0 Å². The second-order valence-corrected chi connectivity index (χ2v) is 6.14. The van der Waals surface area contributed by atoms with E-state index in [1.807, 2.05) is 0 Å². The Morgan fingerprint density at radius 2 is 1.71 bits per heavy atom. The largest absolute Gasteiger partial charge is 0.406 e. The minimum Gasteiger partial charge on any atom is -0.328 e. The van der Waals surface area contributed by atoms with Gasteiger partial charge in [0.1, 0.15) is 6.54 Å². The molecule has 6 heteroatoms. The molecule has 0 unspecified atom stereocenters. The third-order valence-electron chi connectivity index (χ3n) is 3.10. The fourth-order valence-corrected chi connectivity index (χ4v) is 1.80. The summed E-state index contributed by atoms with van der Waals surface area (Å²) in [7, 11) is 0. The van der Waals surface area contributed by atoms with Crippen LogP contribution >= 0.6 is 0 Å². The molecule has 2 N–H and O–H groups in total. The molecule has 21 heavy (non-hydrogen) atoms. The first-order chi connectivity index (χ1) is 9.50. The Hall–Kier alpha value is -1.56. The van der Waals surface area contributed by atoms with Crippen LogP contribution in [-0.2, 0) is 11.3 Å². The molecule has 0 fully saturated rings. The van der Waals surface area contributed by atoms with E-state index in [1.165, 1.54) is 0 Å². The van der Waals surface area contributed by atoms with Crippen molar-refractivity contribution in [1.82, 2.24) is 4.90 Å². The van der Waals surface area contributed by atoms with Crippen LogP contribution in [0, 0.1) is 5.41 Å². The average molecular weight is 302 g/mol. The molecule has 0 aliphatic rings. The summed E-state index contributed by atoms with van der Waals surface area (Å²) in [6.07, 6.45) is -4.46. The molecule has 0 aliphatic heterocycles. The van der Waals surface area contributed by atoms with Gasteiger partial charge in [-0.3, -0.25) is 4.79 Å². The van der Waals surface area contributed by atoms with Crippen molar-refractivity contribution < 1.29 is 18.0 Å². The first kappa shape index (κ1) is 17.5. The molecule has 1 atom stereocenters. The molecule has 118 valence electrons. The normalized spacial score (nSPS) is 13.9. The summed E-state index contributed by atoms with van der Waals surface area (Å²) in [5.41, 5.74) is 5.84. The van der Waals surface area contributed by atoms with Crippen LogP contribution in [0.3, 0.4) is 0 Å². The first-order valence-electron chi connectivity index (χ1n) is 6.66. The van der Waals surface area contributed by atoms with E-state index >= 15 is 0 Å². The number of alkyl halides is 3. The van der Waals surface area contributed by atoms with Gasteiger partial charge in [-0.05, 0) is 11.0 Å². The molecular formula is C15H21F3N2O. The SMILES string of the molecule is CC(C)(C)[C@@H](N)C(=O)N(Cc1ccccc1)CC(F)(F)F. The lowest BCUT2D eigenvalue weighted by molar-refractivity contribution is -0.164. The summed E-state index contributed by atoms with van der Waals surface area (Å²) < 4.78 is 38.1. The molecule has 1 rings (SSSR count). The van der Waals surface area contributed by atoms with E-state index in [2.05, 4.69) is 0 Å². The maximum atomic E-state index is 12.7. The van der Waals surface area contributed by atoms with Crippen LogP contribution in [0.4, 0.5) is 13.2 Å². The second-order valence-electron chi connectivity index (χ2n) is 6.14. The Kier molecular flexibility index (Phi) is 5.39. The summed E-state index contributed by atoms with van der Waals surface area (Å²) in [6.45, 7) is 3.77. The highest BCUT2D eigenvalue weighted by molar-refractivity contribution is 5.82. The Morgan fingerprint density at radius 1 is 1.19 bits per heavy atom. The zero-order valence-electron chi connectivity index (χ0n) is 12.4. The van der Waals surface area contributed by atoms with Crippen molar-refractivity contribution in [2.75, 3.05) is 6.54 Å². The monoisotopic (exact) mass is 302 g/mol. The molecular weight excluding hydrogens is 281 g/mol. The second kappa shape index (κ2) is 6.47. The number of amides is 1. The van der Waals surface area contributed by atoms with Gasteiger partial charge in [0.2, 0.25) is 5.91 Å². The summed E-state index contributed by atoms with van der Waals surface area (Å²) >= 11 is 0. The number of carbonyl (C=O) groups excluding carboxylic acids is 1. The molecule has 0 bridgehead atoms. The Labute approximate surface area is 122 Å². The smallest absolute Gasteiger partial charge is 0.328 e. The highest BCUT2D eigenvalue weighted by atomic mass is 19.4. The predicted molar refractivity (Wildman–Crippen MR) is 75.3 cm³/mol. The minimum absolute atomic E-state index is 0.108. The fraction of sp³-hybridized carbons (Fsp3) is 0.533. The van der Waals surface area contributed by atoms with Gasteiger partial charge >= 0.3 is 6.18 Å². The minimum atomic E-state index is -4.46. The summed E-state index contributed by atoms with van der Waals surface area (Å²) in [6, 6.07) is 7.58. The van der Waals surface area contributed by atoms with Gasteiger partial charge < -0.3 is 10.6 Å². The number of nitrogens with two attached hydrogens (primary N) is 1. The maximum Gasteiger partial charge on any atom is 0.406 e. The van der Waals surface area contributed by atoms with Crippen LogP contribution < -0.4 is 5.73 Å². The van der Waals surface area contributed by atoms with Gasteiger partial charge in [0.15, 0.2) is 0 Å². The van der Waals surface area contributed by atoms with E-state index in [-0.39, 0.29) is 6.54 Å². The van der Waals surface area contributed by atoms with E-state index in [9.17, 15) is 18.0 Å². The molecule has 3 nitrogen and oxygen atoms in total. The molecule has 0 radical (unpaired) electrons. The highest BCUT2D eigenvalue weighted by Gasteiger charge is 2.37. The average Bonchev–Trinajstić information content (AvgIpc) is 2.34. The number of nitrogens with zero attached hydrogens (tertiary/aromatic N) is 1. The highest BCUT2D eigenvalue weighted by Crippen LogP contribution is 2.23. The number of rotatable bonds is 4. The van der Waals surface area contributed by atoms with Gasteiger partial charge in [0.05, 0.1) is 6.04 Å². The van der Waals surface area contributed by atoms with Gasteiger partial charge in [-0.15, -0.1) is 0 Å². The zero-order valence-corrected chi connectivity index (χ0v) is 12.4. The van der Waals surface area contributed by atoms with E-state index in [1.54, 1.807) is 51.1 Å². The summed E-state index contributed by atoms with van der Waals surface area (Å²) in [4.78, 5) is 13.0. The van der Waals surface area contributed by atoms with Crippen LogP contribution in [0.5, 0.6) is 0 Å². The molecule has 1 aromatic carbocycles. The number of halogens is 3. The van der Waals surface area contributed by atoms with Crippen molar-refractivity contribution in [1.29, 1.82) is 0 Å². The summed E-state index contributed by atoms with van der Waals surface area (Å²) in [5.74, 6) is -0.691. The van der Waals surface area contributed by atoms with Crippen LogP contribution in [-0.4, -0.2) is 29.6 Å². The number of benzene rings is 1. The Balaban J connectivity index is 2.95. The van der Waals surface area contributed by atoms with Gasteiger partial charge in [-0.2, -0.15) is 13.2 Å². The topological polar surface area (TPSA) is 46.3 Å². The van der Waals surface area contributed by atoms with Crippen molar-refractivity contribution >= 4 is 5.91 Å². The van der Waals surface area contributed by atoms with E-state index in [4.69, 9.17) is 5.73 Å². The molecule has 0 saturated carbocycles. The predicted octanol–water partition coefficient (Wildman–Crippen LogP) is 2.95. The number of carbonyl (C=O) groups is 1. The Morgan fingerprint density at radius 3 is 2.14 bits per heavy atom. The van der Waals surface area contributed by atoms with E-state index < -0.39 is 30.1 Å². The van der Waals surface area contributed by atoms with Crippen LogP contribution in [0.1, 0.15) is 26.3 Å². The third-order valence-corrected chi connectivity index (χ3v) is 3.10. The van der Waals surface area contributed by atoms with Crippen molar-refractivity contribution in [3.05, 3.63) is 35.9 Å². The third kappa shape index (κ3) is 5.75. The fourth-order valence-electron chi connectivity index (χ4n) is 1.80. The quantitative estimate of drug-likeness (QED) is 0.929. The zero-order chi connectivity index (χ0) is 16.3. The van der Waals surface area contributed by atoms with Gasteiger partial charge in [0, 0.05) is 6.54 Å². The van der Waals surface area contributed by atoms with Crippen molar-refractivity contribution in [3.63, 3.8) is 0 Å². The molecule has 0 heterocycles. The van der Waals surface area contributed by atoms with Crippen molar-refractivity contribution in [3.8, 4) is 0 Å². The van der Waals surface area contributed by atoms with E-state index in [0.29, 0.717) is 5.56 Å². The molecule has 0 aromatic heterocycles. The lowest BCUT2D eigenvalue weighted by Crippen LogP contribution is -2.52. The first-order valence-corrected chi connectivity index (χ1v) is 6.66. The van der Waals surface area contributed by atoms with Crippen molar-refractivity contribution in [2.24, 2.45) is 11.1 Å². The lowest BCUT2D eigenvalue weighted by Gasteiger charge is -2.32. The molecule has 0 saturated heterocycles. The van der Waals surface area contributed by atoms with Gasteiger partial charge in [-0.25, -0.2) is 0 Å². The molecule has 0 aliphatic carbocycles. The lowest BCUT2D eigenvalue weighted by atomic mass is 9.86. The van der Waals surface area contributed by atoms with Crippen LogP contribution in [0.15, 0.2) is 30.3 Å². The number of hydrogen-bond acceptors (Lipinski definition) is 2. The molecule has 1 aromatic rings. The summed E-state index contributed by atoms with van der Waals surface area (Å²) in [5, 5.41) is 0. The van der Waals surface area contributed by atoms with Gasteiger partial charge in [0.25, 0.3) is 0 Å². The van der Waals surface area contributed by atoms with Crippen LogP contribution in [0.25, 0.3) is 0 Å². The Bertz CT molecular complexity index is 466. The standard InChI is InChI=1S/C15H21F3N2O/c1-14(2,3)12(19)13(21)20(10-15(16,17)18)9-11-7-5-4-6-8-11/h4-8,12H,9-10,19H2,1-3H3/t12-/m0/s1.